The van der Waals surface area contributed by atoms with Crippen LogP contribution in [0.2, 0.25) is 0 Å². The van der Waals surface area contributed by atoms with Gasteiger partial charge in [-0.2, -0.15) is 0 Å². The van der Waals surface area contributed by atoms with E-state index in [-0.39, 0.29) is 5.88 Å². The van der Waals surface area contributed by atoms with Crippen LogP contribution in [0.25, 0.3) is 0 Å². The summed E-state index contributed by atoms with van der Waals surface area (Å²) in [5.41, 5.74) is 0. The lowest BCUT2D eigenvalue weighted by molar-refractivity contribution is -0.117. The van der Waals surface area contributed by atoms with Gasteiger partial charge in [-0.25, -0.2) is 4.79 Å². The van der Waals surface area contributed by atoms with E-state index in [1.54, 1.807) is 11.3 Å². The lowest BCUT2D eigenvalue weighted by Gasteiger charge is -2.03. The van der Waals surface area contributed by atoms with Crippen LogP contribution in [0.15, 0.2) is 12.1 Å². The van der Waals surface area contributed by atoms with Gasteiger partial charge in [-0.15, -0.1) is 22.9 Å². The minimum absolute atomic E-state index is 0.217. The molecule has 0 saturated carbocycles. The molecule has 0 aromatic carbocycles. The third-order valence-corrected chi connectivity index (χ3v) is 2.84. The summed E-state index contributed by atoms with van der Waals surface area (Å²) in [6.07, 6.45) is 0. The summed E-state index contributed by atoms with van der Waals surface area (Å²) in [6.45, 7) is 2.41. The number of hydrogen-bond donors (Lipinski definition) is 2. The van der Waals surface area contributed by atoms with Gasteiger partial charge in [0, 0.05) is 9.75 Å². The first-order valence-electron chi connectivity index (χ1n) is 4.31. The van der Waals surface area contributed by atoms with Gasteiger partial charge in [-0.1, -0.05) is 0 Å². The molecule has 0 aliphatic heterocycles. The first-order chi connectivity index (χ1) is 7.11. The lowest BCUT2D eigenvalue weighted by atomic mass is 10.4. The van der Waals surface area contributed by atoms with Crippen molar-refractivity contribution in [2.75, 3.05) is 5.88 Å². The van der Waals surface area contributed by atoms with Gasteiger partial charge in [0.2, 0.25) is 5.91 Å². The van der Waals surface area contributed by atoms with E-state index < -0.39 is 11.9 Å². The van der Waals surface area contributed by atoms with Crippen LogP contribution >= 0.6 is 22.9 Å². The van der Waals surface area contributed by atoms with Crippen molar-refractivity contribution < 1.29 is 9.59 Å². The minimum atomic E-state index is -0.522. The number of urea groups is 1. The number of hydrogen-bond acceptors (Lipinski definition) is 3. The summed E-state index contributed by atoms with van der Waals surface area (Å²) in [4.78, 5) is 24.1. The zero-order chi connectivity index (χ0) is 11.3. The molecule has 1 rings (SSSR count). The Kier molecular flexibility index (Phi) is 4.58. The molecular formula is C9H11ClN2O2S. The molecular weight excluding hydrogens is 236 g/mol. The highest BCUT2D eigenvalue weighted by Crippen LogP contribution is 2.14. The summed E-state index contributed by atoms with van der Waals surface area (Å²) in [5.74, 6) is -0.720. The molecule has 0 spiro atoms. The molecule has 1 aromatic rings. The molecule has 0 fully saturated rings. The Labute approximate surface area is 96.6 Å². The number of nitrogens with one attached hydrogen (secondary N) is 2. The quantitative estimate of drug-likeness (QED) is 0.797. The highest BCUT2D eigenvalue weighted by molar-refractivity contribution is 7.11. The van der Waals surface area contributed by atoms with Crippen molar-refractivity contribution in [3.63, 3.8) is 0 Å². The maximum atomic E-state index is 11.1. The molecule has 6 heteroatoms. The molecule has 4 nitrogen and oxygen atoms in total. The fourth-order valence-corrected chi connectivity index (χ4v) is 1.85. The van der Waals surface area contributed by atoms with Crippen LogP contribution in [-0.2, 0) is 11.3 Å². The monoisotopic (exact) mass is 246 g/mol. The average molecular weight is 247 g/mol. The van der Waals surface area contributed by atoms with Crippen molar-refractivity contribution in [3.05, 3.63) is 21.9 Å². The second-order valence-corrected chi connectivity index (χ2v) is 4.52. The fraction of sp³-hybridized carbons (Fsp3) is 0.333. The van der Waals surface area contributed by atoms with Gasteiger partial charge in [0.25, 0.3) is 0 Å². The van der Waals surface area contributed by atoms with E-state index >= 15 is 0 Å². The van der Waals surface area contributed by atoms with Crippen molar-refractivity contribution in [1.82, 2.24) is 10.6 Å². The van der Waals surface area contributed by atoms with Crippen molar-refractivity contribution >= 4 is 34.9 Å². The van der Waals surface area contributed by atoms with Crippen molar-refractivity contribution in [2.45, 2.75) is 13.5 Å². The number of carbonyl (C=O) groups is 2. The summed E-state index contributed by atoms with van der Waals surface area (Å²) >= 11 is 6.83. The Bertz CT molecular complexity index is 365. The Hall–Kier alpha value is -1.07. The summed E-state index contributed by atoms with van der Waals surface area (Å²) in [5, 5.41) is 4.65. The van der Waals surface area contributed by atoms with Gasteiger partial charge in [0.05, 0.1) is 6.54 Å². The van der Waals surface area contributed by atoms with Gasteiger partial charge in [-0.3, -0.25) is 10.1 Å². The van der Waals surface area contributed by atoms with E-state index in [1.807, 2.05) is 19.1 Å². The molecule has 1 aromatic heterocycles. The minimum Gasteiger partial charge on any atom is -0.333 e. The second kappa shape index (κ2) is 5.72. The third-order valence-electron chi connectivity index (χ3n) is 1.59. The third kappa shape index (κ3) is 4.31. The Morgan fingerprint density at radius 2 is 2.20 bits per heavy atom. The van der Waals surface area contributed by atoms with Gasteiger partial charge < -0.3 is 5.32 Å². The van der Waals surface area contributed by atoms with Crippen LogP contribution < -0.4 is 10.6 Å². The predicted octanol–water partition coefficient (Wildman–Crippen LogP) is 1.62. The fourth-order valence-electron chi connectivity index (χ4n) is 0.952. The van der Waals surface area contributed by atoms with Crippen LogP contribution in [0.1, 0.15) is 9.75 Å². The van der Waals surface area contributed by atoms with Gasteiger partial charge in [-0.05, 0) is 19.1 Å². The standard InChI is InChI=1S/C9H11ClN2O2S/c1-6-2-3-7(15-6)5-11-9(14)12-8(13)4-10/h2-3H,4-5H2,1H3,(H2,11,12,13,14). The number of amides is 3. The molecule has 0 saturated heterocycles. The molecule has 82 valence electrons. The van der Waals surface area contributed by atoms with Gasteiger partial charge in [0.1, 0.15) is 5.88 Å². The maximum absolute atomic E-state index is 11.1. The first-order valence-corrected chi connectivity index (χ1v) is 5.66. The number of aryl methyl sites for hydroxylation is 1. The van der Waals surface area contributed by atoms with Crippen LogP contribution in [0.4, 0.5) is 4.79 Å². The van der Waals surface area contributed by atoms with E-state index in [0.29, 0.717) is 6.54 Å². The van der Waals surface area contributed by atoms with Crippen LogP contribution in [0, 0.1) is 6.92 Å². The van der Waals surface area contributed by atoms with Crippen LogP contribution in [0.5, 0.6) is 0 Å². The van der Waals surface area contributed by atoms with Crippen LogP contribution in [0.3, 0.4) is 0 Å². The Morgan fingerprint density at radius 1 is 1.47 bits per heavy atom. The van der Waals surface area contributed by atoms with Crippen LogP contribution in [-0.4, -0.2) is 17.8 Å². The zero-order valence-electron chi connectivity index (χ0n) is 8.17. The van der Waals surface area contributed by atoms with Gasteiger partial charge in [0.15, 0.2) is 0 Å². The topological polar surface area (TPSA) is 58.2 Å². The Morgan fingerprint density at radius 3 is 2.73 bits per heavy atom. The second-order valence-electron chi connectivity index (χ2n) is 2.88. The summed E-state index contributed by atoms with van der Waals surface area (Å²) in [6, 6.07) is 3.39. The number of imide groups is 1. The van der Waals surface area contributed by atoms with E-state index in [9.17, 15) is 9.59 Å². The van der Waals surface area contributed by atoms with E-state index in [4.69, 9.17) is 11.6 Å². The molecule has 15 heavy (non-hydrogen) atoms. The molecule has 0 unspecified atom stereocenters. The lowest BCUT2D eigenvalue weighted by Crippen LogP contribution is -2.39. The molecule has 2 N–H and O–H groups in total. The van der Waals surface area contributed by atoms with E-state index in [0.717, 1.165) is 4.88 Å². The first kappa shape index (κ1) is 12.0. The molecule has 0 atom stereocenters. The Balaban J connectivity index is 2.31. The number of carbonyl (C=O) groups excluding carboxylic acids is 2. The molecule has 0 bridgehead atoms. The van der Waals surface area contributed by atoms with E-state index in [1.165, 1.54) is 4.88 Å². The molecule has 0 aliphatic carbocycles. The predicted molar refractivity (Wildman–Crippen MR) is 60.2 cm³/mol. The summed E-state index contributed by atoms with van der Waals surface area (Å²) in [7, 11) is 0. The zero-order valence-corrected chi connectivity index (χ0v) is 9.74. The molecule has 1 heterocycles. The van der Waals surface area contributed by atoms with E-state index in [2.05, 4.69) is 10.6 Å². The molecule has 3 amide bonds. The van der Waals surface area contributed by atoms with Crippen molar-refractivity contribution in [2.24, 2.45) is 0 Å². The SMILES string of the molecule is Cc1ccc(CNC(=O)NC(=O)CCl)s1. The molecule has 0 aliphatic rings. The maximum Gasteiger partial charge on any atom is 0.321 e. The smallest absolute Gasteiger partial charge is 0.321 e. The van der Waals surface area contributed by atoms with Crippen molar-refractivity contribution in [1.29, 1.82) is 0 Å². The largest absolute Gasteiger partial charge is 0.333 e. The summed E-state index contributed by atoms with van der Waals surface area (Å²) < 4.78 is 0. The highest BCUT2D eigenvalue weighted by atomic mass is 35.5. The number of halogens is 1. The normalized spacial score (nSPS) is 9.73. The molecule has 0 radical (unpaired) electrons. The number of rotatable bonds is 3. The van der Waals surface area contributed by atoms with Gasteiger partial charge >= 0.3 is 6.03 Å². The highest BCUT2D eigenvalue weighted by Gasteiger charge is 2.05. The average Bonchev–Trinajstić information content (AvgIpc) is 2.61. The number of thiophene rings is 1. The van der Waals surface area contributed by atoms with Crippen molar-refractivity contribution in [3.8, 4) is 0 Å². The number of alkyl halides is 1.